The molecule has 2 heterocycles. The van der Waals surface area contributed by atoms with E-state index in [2.05, 4.69) is 51.9 Å². The van der Waals surface area contributed by atoms with Gasteiger partial charge in [0.1, 0.15) is 11.2 Å². The van der Waals surface area contributed by atoms with Crippen molar-refractivity contribution < 1.29 is 4.74 Å². The van der Waals surface area contributed by atoms with Gasteiger partial charge in [-0.05, 0) is 51.7 Å². The first kappa shape index (κ1) is 15.1. The lowest BCUT2D eigenvalue weighted by atomic mass is 9.86. The van der Waals surface area contributed by atoms with Gasteiger partial charge in [-0.3, -0.25) is 4.90 Å². The zero-order valence-corrected chi connectivity index (χ0v) is 14.1. The molecule has 1 aliphatic heterocycles. The Morgan fingerprint density at radius 1 is 1.04 bits per heavy atom. The van der Waals surface area contributed by atoms with Gasteiger partial charge in [-0.2, -0.15) is 0 Å². The summed E-state index contributed by atoms with van der Waals surface area (Å²) in [6, 6.07) is 8.33. The van der Waals surface area contributed by atoms with Gasteiger partial charge in [0, 0.05) is 13.1 Å². The lowest BCUT2D eigenvalue weighted by Crippen LogP contribution is -2.59. The summed E-state index contributed by atoms with van der Waals surface area (Å²) in [5.74, 6) is 0. The van der Waals surface area contributed by atoms with Gasteiger partial charge in [0.15, 0.2) is 0 Å². The zero-order chi connectivity index (χ0) is 15.9. The number of fused-ring (bicyclic) bond motifs is 1. The number of para-hydroxylation sites is 1. The quantitative estimate of drug-likeness (QED) is 0.854. The number of rotatable bonds is 2. The molecule has 2 aliphatic rings. The molecule has 1 aliphatic carbocycles. The highest BCUT2D eigenvalue weighted by atomic mass is 16.5. The van der Waals surface area contributed by atoms with E-state index in [1.165, 1.54) is 19.3 Å². The third-order valence-corrected chi connectivity index (χ3v) is 5.41. The normalized spacial score (nSPS) is 29.0. The van der Waals surface area contributed by atoms with Crippen LogP contribution in [0.15, 0.2) is 24.3 Å². The maximum atomic E-state index is 5.97. The third-order valence-electron chi connectivity index (χ3n) is 5.41. The molecular formula is C18H26N4O. The molecule has 23 heavy (non-hydrogen) atoms. The third kappa shape index (κ3) is 2.56. The summed E-state index contributed by atoms with van der Waals surface area (Å²) < 4.78 is 8.18. The second kappa shape index (κ2) is 5.87. The Labute approximate surface area is 137 Å². The monoisotopic (exact) mass is 314 g/mol. The molecule has 0 radical (unpaired) electrons. The topological polar surface area (TPSA) is 43.2 Å². The smallest absolute Gasteiger partial charge is 0.117 e. The summed E-state index contributed by atoms with van der Waals surface area (Å²) >= 11 is 0. The lowest BCUT2D eigenvalue weighted by Gasteiger charge is -2.50. The van der Waals surface area contributed by atoms with E-state index in [1.807, 2.05) is 6.07 Å². The van der Waals surface area contributed by atoms with Crippen molar-refractivity contribution in [2.45, 2.75) is 63.8 Å². The van der Waals surface area contributed by atoms with E-state index in [-0.39, 0.29) is 17.9 Å². The average Bonchev–Trinajstić information content (AvgIpc) is 2.99. The summed E-state index contributed by atoms with van der Waals surface area (Å²) in [7, 11) is 0. The predicted molar refractivity (Wildman–Crippen MR) is 90.2 cm³/mol. The molecule has 5 heteroatoms. The van der Waals surface area contributed by atoms with Crippen molar-refractivity contribution in [3.63, 3.8) is 0 Å². The SMILES string of the molecule is CC1CN(C2(n3nnc4ccccc43)CCCCC2)CC(C)O1. The molecule has 1 saturated carbocycles. The van der Waals surface area contributed by atoms with E-state index in [0.717, 1.165) is 37.0 Å². The van der Waals surface area contributed by atoms with Gasteiger partial charge in [-0.25, -0.2) is 4.68 Å². The van der Waals surface area contributed by atoms with Crippen molar-refractivity contribution in [2.24, 2.45) is 0 Å². The summed E-state index contributed by atoms with van der Waals surface area (Å²) in [6.07, 6.45) is 6.69. The van der Waals surface area contributed by atoms with E-state index in [9.17, 15) is 0 Å². The predicted octanol–water partition coefficient (Wildman–Crippen LogP) is 3.16. The number of morpholine rings is 1. The molecule has 1 saturated heterocycles. The molecule has 4 rings (SSSR count). The van der Waals surface area contributed by atoms with Crippen molar-refractivity contribution in [1.82, 2.24) is 19.9 Å². The van der Waals surface area contributed by atoms with Crippen LogP contribution in [0.1, 0.15) is 46.0 Å². The Hall–Kier alpha value is -1.46. The molecule has 1 aromatic carbocycles. The Morgan fingerprint density at radius 3 is 2.48 bits per heavy atom. The van der Waals surface area contributed by atoms with Gasteiger partial charge in [0.2, 0.25) is 0 Å². The highest BCUT2D eigenvalue weighted by Gasteiger charge is 2.44. The van der Waals surface area contributed by atoms with E-state index >= 15 is 0 Å². The van der Waals surface area contributed by atoms with Crippen molar-refractivity contribution in [3.05, 3.63) is 24.3 Å². The van der Waals surface area contributed by atoms with Gasteiger partial charge in [-0.1, -0.05) is 23.8 Å². The average molecular weight is 314 g/mol. The maximum Gasteiger partial charge on any atom is 0.117 e. The second-order valence-corrected chi connectivity index (χ2v) is 7.20. The molecule has 0 amide bonds. The fourth-order valence-corrected chi connectivity index (χ4v) is 4.47. The number of nitrogens with zero attached hydrogens (tertiary/aromatic N) is 4. The van der Waals surface area contributed by atoms with Gasteiger partial charge in [0.25, 0.3) is 0 Å². The summed E-state index contributed by atoms with van der Waals surface area (Å²) in [4.78, 5) is 2.62. The molecule has 2 fully saturated rings. The minimum Gasteiger partial charge on any atom is -0.373 e. The first-order valence-corrected chi connectivity index (χ1v) is 8.90. The minimum absolute atomic E-state index is 0.0410. The van der Waals surface area contributed by atoms with Gasteiger partial charge in [-0.15, -0.1) is 5.10 Å². The first-order chi connectivity index (χ1) is 11.2. The van der Waals surface area contributed by atoms with Crippen LogP contribution in [0.5, 0.6) is 0 Å². The molecule has 2 atom stereocenters. The maximum absolute atomic E-state index is 5.97. The summed E-state index contributed by atoms with van der Waals surface area (Å²) in [5.41, 5.74) is 2.11. The first-order valence-electron chi connectivity index (χ1n) is 8.90. The summed E-state index contributed by atoms with van der Waals surface area (Å²) in [6.45, 7) is 6.30. The highest BCUT2D eigenvalue weighted by molar-refractivity contribution is 5.74. The minimum atomic E-state index is -0.0410. The Kier molecular flexibility index (Phi) is 3.85. The van der Waals surface area contributed by atoms with E-state index in [0.29, 0.717) is 0 Å². The van der Waals surface area contributed by atoms with Crippen LogP contribution in [0.25, 0.3) is 11.0 Å². The number of hydrogen-bond acceptors (Lipinski definition) is 4. The second-order valence-electron chi connectivity index (χ2n) is 7.20. The molecule has 0 N–H and O–H groups in total. The largest absolute Gasteiger partial charge is 0.373 e. The lowest BCUT2D eigenvalue weighted by molar-refractivity contribution is -0.136. The number of hydrogen-bond donors (Lipinski definition) is 0. The van der Waals surface area contributed by atoms with E-state index in [1.54, 1.807) is 0 Å². The zero-order valence-electron chi connectivity index (χ0n) is 14.1. The van der Waals surface area contributed by atoms with Crippen LogP contribution in [0.4, 0.5) is 0 Å². The van der Waals surface area contributed by atoms with E-state index in [4.69, 9.17) is 4.74 Å². The van der Waals surface area contributed by atoms with Crippen LogP contribution in [0.2, 0.25) is 0 Å². The van der Waals surface area contributed by atoms with Gasteiger partial charge >= 0.3 is 0 Å². The molecule has 0 spiro atoms. The standard InChI is InChI=1S/C18H26N4O/c1-14-12-21(13-15(2)23-14)18(10-6-3-7-11-18)22-17-9-5-4-8-16(17)19-20-22/h4-5,8-9,14-15H,3,6-7,10-13H2,1-2H3. The van der Waals surface area contributed by atoms with Crippen LogP contribution in [0.3, 0.4) is 0 Å². The van der Waals surface area contributed by atoms with Gasteiger partial charge in [0.05, 0.1) is 17.7 Å². The van der Waals surface area contributed by atoms with Crippen LogP contribution >= 0.6 is 0 Å². The van der Waals surface area contributed by atoms with Crippen LogP contribution in [0, 0.1) is 0 Å². The van der Waals surface area contributed by atoms with Gasteiger partial charge < -0.3 is 4.74 Å². The molecule has 1 aromatic heterocycles. The summed E-state index contributed by atoms with van der Waals surface area (Å²) in [5, 5.41) is 9.03. The fraction of sp³-hybridized carbons (Fsp3) is 0.667. The molecule has 5 nitrogen and oxygen atoms in total. The van der Waals surface area contributed by atoms with Crippen molar-refractivity contribution in [1.29, 1.82) is 0 Å². The number of benzene rings is 1. The van der Waals surface area contributed by atoms with Crippen molar-refractivity contribution >= 4 is 11.0 Å². The van der Waals surface area contributed by atoms with Crippen LogP contribution in [-0.4, -0.2) is 45.2 Å². The molecule has 124 valence electrons. The van der Waals surface area contributed by atoms with Crippen LogP contribution in [-0.2, 0) is 10.4 Å². The van der Waals surface area contributed by atoms with Crippen LogP contribution < -0.4 is 0 Å². The highest BCUT2D eigenvalue weighted by Crippen LogP contribution is 2.40. The Balaban J connectivity index is 1.80. The molecule has 2 unspecified atom stereocenters. The Morgan fingerprint density at radius 2 is 1.74 bits per heavy atom. The number of aromatic nitrogens is 3. The Bertz CT molecular complexity index is 666. The van der Waals surface area contributed by atoms with Crippen molar-refractivity contribution in [2.75, 3.05) is 13.1 Å². The fourth-order valence-electron chi connectivity index (χ4n) is 4.47. The van der Waals surface area contributed by atoms with Crippen molar-refractivity contribution in [3.8, 4) is 0 Å². The molecule has 0 bridgehead atoms. The van der Waals surface area contributed by atoms with E-state index < -0.39 is 0 Å². The number of ether oxygens (including phenoxy) is 1. The molecule has 2 aromatic rings. The molecular weight excluding hydrogens is 288 g/mol.